The smallest absolute Gasteiger partial charge is 0.240 e. The summed E-state index contributed by atoms with van der Waals surface area (Å²) in [4.78, 5) is 25.7. The summed E-state index contributed by atoms with van der Waals surface area (Å²) in [6, 6.07) is 15.6. The minimum Gasteiger partial charge on any atom is -0.350 e. The molecule has 0 saturated heterocycles. The number of anilines is 1. The van der Waals surface area contributed by atoms with Crippen molar-refractivity contribution in [3.05, 3.63) is 65.2 Å². The summed E-state index contributed by atoms with van der Waals surface area (Å²) < 4.78 is 0. The van der Waals surface area contributed by atoms with Crippen LogP contribution in [0.15, 0.2) is 48.5 Å². The molecule has 112 valence electrons. The molecular formula is C18H18N2O2. The van der Waals surface area contributed by atoms with Gasteiger partial charge in [0.05, 0.1) is 6.42 Å². The second kappa shape index (κ2) is 6.02. The largest absolute Gasteiger partial charge is 0.350 e. The first kappa shape index (κ1) is 14.3. The Morgan fingerprint density at radius 3 is 2.64 bits per heavy atom. The Morgan fingerprint density at radius 1 is 1.14 bits per heavy atom. The highest BCUT2D eigenvalue weighted by atomic mass is 16.2. The Labute approximate surface area is 129 Å². The lowest BCUT2D eigenvalue weighted by atomic mass is 10.1. The monoisotopic (exact) mass is 294 g/mol. The van der Waals surface area contributed by atoms with Crippen molar-refractivity contribution >= 4 is 17.5 Å². The first-order chi connectivity index (χ1) is 10.6. The van der Waals surface area contributed by atoms with Gasteiger partial charge >= 0.3 is 0 Å². The third-order valence-electron chi connectivity index (χ3n) is 3.84. The number of para-hydroxylation sites is 1. The molecule has 22 heavy (non-hydrogen) atoms. The van der Waals surface area contributed by atoms with Crippen molar-refractivity contribution in [1.29, 1.82) is 0 Å². The summed E-state index contributed by atoms with van der Waals surface area (Å²) >= 11 is 0. The maximum Gasteiger partial charge on any atom is 0.240 e. The molecule has 0 radical (unpaired) electrons. The van der Waals surface area contributed by atoms with Crippen LogP contribution in [0.5, 0.6) is 0 Å². The van der Waals surface area contributed by atoms with Crippen LogP contribution >= 0.6 is 0 Å². The average Bonchev–Trinajstić information content (AvgIpc) is 2.83. The number of nitrogens with zero attached hydrogens (tertiary/aromatic N) is 1. The molecule has 0 spiro atoms. The fraction of sp³-hybridized carbons (Fsp3) is 0.222. The Bertz CT molecular complexity index is 707. The highest BCUT2D eigenvalue weighted by Crippen LogP contribution is 2.27. The van der Waals surface area contributed by atoms with E-state index in [2.05, 4.69) is 5.32 Å². The Kier molecular flexibility index (Phi) is 3.92. The second-order valence-electron chi connectivity index (χ2n) is 5.55. The van der Waals surface area contributed by atoms with E-state index in [0.29, 0.717) is 13.0 Å². The molecule has 2 aromatic rings. The fourth-order valence-electron chi connectivity index (χ4n) is 2.60. The van der Waals surface area contributed by atoms with Crippen LogP contribution in [0.3, 0.4) is 0 Å². The first-order valence-electron chi connectivity index (χ1n) is 7.34. The molecule has 3 rings (SSSR count). The minimum atomic E-state index is -0.148. The molecule has 0 unspecified atom stereocenters. The third kappa shape index (κ3) is 3.01. The average molecular weight is 294 g/mol. The van der Waals surface area contributed by atoms with Gasteiger partial charge in [0.2, 0.25) is 11.8 Å². The summed E-state index contributed by atoms with van der Waals surface area (Å²) in [5, 5.41) is 2.86. The molecule has 1 aliphatic heterocycles. The van der Waals surface area contributed by atoms with Crippen molar-refractivity contribution < 1.29 is 9.59 Å². The molecule has 0 aromatic heterocycles. The molecule has 0 bridgehead atoms. The van der Waals surface area contributed by atoms with E-state index in [0.717, 1.165) is 16.8 Å². The molecule has 0 saturated carbocycles. The van der Waals surface area contributed by atoms with E-state index < -0.39 is 0 Å². The molecule has 2 amide bonds. The first-order valence-corrected chi connectivity index (χ1v) is 7.34. The van der Waals surface area contributed by atoms with Crippen LogP contribution < -0.4 is 10.2 Å². The number of carbonyl (C=O) groups is 2. The molecule has 0 aliphatic carbocycles. The predicted molar refractivity (Wildman–Crippen MR) is 85.5 cm³/mol. The molecule has 2 aromatic carbocycles. The van der Waals surface area contributed by atoms with Crippen molar-refractivity contribution in [2.75, 3.05) is 11.4 Å². The Hall–Kier alpha value is -2.62. The molecular weight excluding hydrogens is 276 g/mol. The van der Waals surface area contributed by atoms with Crippen molar-refractivity contribution in [3.63, 3.8) is 0 Å². The zero-order valence-electron chi connectivity index (χ0n) is 12.5. The van der Waals surface area contributed by atoms with E-state index in [1.54, 1.807) is 4.90 Å². The van der Waals surface area contributed by atoms with Crippen molar-refractivity contribution in [2.24, 2.45) is 0 Å². The highest BCUT2D eigenvalue weighted by Gasteiger charge is 2.28. The van der Waals surface area contributed by atoms with Crippen LogP contribution in [0.4, 0.5) is 5.69 Å². The third-order valence-corrected chi connectivity index (χ3v) is 3.84. The number of aryl methyl sites for hydroxylation is 1. The normalized spacial score (nSPS) is 13.1. The maximum atomic E-state index is 12.1. The van der Waals surface area contributed by atoms with Gasteiger partial charge in [0.15, 0.2) is 0 Å². The molecule has 1 N–H and O–H groups in total. The molecule has 0 fully saturated rings. The van der Waals surface area contributed by atoms with E-state index in [-0.39, 0.29) is 18.4 Å². The number of benzene rings is 2. The zero-order chi connectivity index (χ0) is 15.5. The number of rotatable bonds is 4. The summed E-state index contributed by atoms with van der Waals surface area (Å²) in [5.74, 6) is -0.169. The van der Waals surface area contributed by atoms with Gasteiger partial charge in [-0.05, 0) is 24.1 Å². The standard InChI is InChI=1S/C18H18N2O2/c1-13-6-8-14(9-7-13)11-19-17(21)12-20-16-5-3-2-4-15(16)10-18(20)22/h2-9H,10-12H2,1H3,(H,19,21). The van der Waals surface area contributed by atoms with Crippen LogP contribution in [0, 0.1) is 6.92 Å². The fourth-order valence-corrected chi connectivity index (χ4v) is 2.60. The van der Waals surface area contributed by atoms with Crippen LogP contribution in [0.2, 0.25) is 0 Å². The lowest BCUT2D eigenvalue weighted by molar-refractivity contribution is -0.123. The topological polar surface area (TPSA) is 49.4 Å². The van der Waals surface area contributed by atoms with Crippen LogP contribution in [0.1, 0.15) is 16.7 Å². The van der Waals surface area contributed by atoms with Crippen LogP contribution in [0.25, 0.3) is 0 Å². The number of hydrogen-bond donors (Lipinski definition) is 1. The van der Waals surface area contributed by atoms with E-state index in [1.165, 1.54) is 5.56 Å². The second-order valence-corrected chi connectivity index (χ2v) is 5.55. The van der Waals surface area contributed by atoms with Gasteiger partial charge in [0, 0.05) is 12.2 Å². The molecule has 4 heteroatoms. The van der Waals surface area contributed by atoms with Gasteiger partial charge in [-0.3, -0.25) is 9.59 Å². The number of hydrogen-bond acceptors (Lipinski definition) is 2. The van der Waals surface area contributed by atoms with Crippen molar-refractivity contribution in [1.82, 2.24) is 5.32 Å². The lowest BCUT2D eigenvalue weighted by Gasteiger charge is -2.17. The number of amides is 2. The Morgan fingerprint density at radius 2 is 1.86 bits per heavy atom. The van der Waals surface area contributed by atoms with E-state index >= 15 is 0 Å². The van der Waals surface area contributed by atoms with E-state index in [4.69, 9.17) is 0 Å². The molecule has 4 nitrogen and oxygen atoms in total. The summed E-state index contributed by atoms with van der Waals surface area (Å²) in [6.07, 6.45) is 0.376. The lowest BCUT2D eigenvalue weighted by Crippen LogP contribution is -2.38. The van der Waals surface area contributed by atoms with Gasteiger partial charge in [-0.1, -0.05) is 48.0 Å². The molecule has 0 atom stereocenters. The predicted octanol–water partition coefficient (Wildman–Crippen LogP) is 2.20. The van der Waals surface area contributed by atoms with E-state index in [1.807, 2.05) is 55.5 Å². The minimum absolute atomic E-state index is 0.0216. The summed E-state index contributed by atoms with van der Waals surface area (Å²) in [6.45, 7) is 2.57. The van der Waals surface area contributed by atoms with Gasteiger partial charge in [0.1, 0.15) is 6.54 Å². The number of nitrogens with one attached hydrogen (secondary N) is 1. The van der Waals surface area contributed by atoms with Crippen LogP contribution in [-0.2, 0) is 22.6 Å². The molecule has 1 aliphatic rings. The zero-order valence-corrected chi connectivity index (χ0v) is 12.5. The number of carbonyl (C=O) groups excluding carboxylic acids is 2. The van der Waals surface area contributed by atoms with Crippen molar-refractivity contribution in [3.8, 4) is 0 Å². The van der Waals surface area contributed by atoms with Crippen LogP contribution in [-0.4, -0.2) is 18.4 Å². The van der Waals surface area contributed by atoms with Gasteiger partial charge in [0.25, 0.3) is 0 Å². The van der Waals surface area contributed by atoms with Gasteiger partial charge in [-0.15, -0.1) is 0 Å². The number of fused-ring (bicyclic) bond motifs is 1. The van der Waals surface area contributed by atoms with Crippen molar-refractivity contribution in [2.45, 2.75) is 19.9 Å². The maximum absolute atomic E-state index is 12.1. The summed E-state index contributed by atoms with van der Waals surface area (Å²) in [5.41, 5.74) is 4.07. The Balaban J connectivity index is 1.60. The van der Waals surface area contributed by atoms with Gasteiger partial charge in [-0.25, -0.2) is 0 Å². The molecule has 1 heterocycles. The van der Waals surface area contributed by atoms with E-state index in [9.17, 15) is 9.59 Å². The van der Waals surface area contributed by atoms with Gasteiger partial charge in [-0.2, -0.15) is 0 Å². The highest BCUT2D eigenvalue weighted by molar-refractivity contribution is 6.04. The van der Waals surface area contributed by atoms with Gasteiger partial charge < -0.3 is 10.2 Å². The quantitative estimate of drug-likeness (QED) is 0.940. The SMILES string of the molecule is Cc1ccc(CNC(=O)CN2C(=O)Cc3ccccc32)cc1. The summed E-state index contributed by atoms with van der Waals surface area (Å²) in [7, 11) is 0.